The van der Waals surface area contributed by atoms with Crippen LogP contribution in [0.25, 0.3) is 0 Å². The molecule has 2 aromatic rings. The molecule has 0 saturated heterocycles. The fourth-order valence-electron chi connectivity index (χ4n) is 3.31. The highest BCUT2D eigenvalue weighted by molar-refractivity contribution is 6.32. The van der Waals surface area contributed by atoms with Crippen LogP contribution in [0.1, 0.15) is 37.9 Å². The van der Waals surface area contributed by atoms with Crippen molar-refractivity contribution < 1.29 is 19.6 Å². The number of carbonyl (C=O) groups is 3. The standard InChI is InChI=1S/C24H31ClN4O4/c1-16(2)11-12-19(21(25)24(32)29-33)22(30)28-20(14-17-8-4-3-5-9-17)23(31)27-15-18-10-6-7-13-26-18/h3-10,13,16,19-21,33H,11-12,14-15H2,1-2H3,(H,27,31)(H,28,30)(H,29,32)/t19-,20+,21-/m1/s1. The van der Waals surface area contributed by atoms with Gasteiger partial charge in [0.25, 0.3) is 5.91 Å². The Balaban J connectivity index is 2.17. The van der Waals surface area contributed by atoms with Crippen molar-refractivity contribution >= 4 is 29.3 Å². The fraction of sp³-hybridized carbons (Fsp3) is 0.417. The molecule has 4 N–H and O–H groups in total. The topological polar surface area (TPSA) is 120 Å². The monoisotopic (exact) mass is 474 g/mol. The fourth-order valence-corrected chi connectivity index (χ4v) is 3.60. The number of pyridine rings is 1. The molecule has 33 heavy (non-hydrogen) atoms. The van der Waals surface area contributed by atoms with Gasteiger partial charge in [0.2, 0.25) is 11.8 Å². The number of alkyl halides is 1. The number of hydroxylamine groups is 1. The van der Waals surface area contributed by atoms with Gasteiger partial charge in [-0.3, -0.25) is 24.6 Å². The first-order valence-corrected chi connectivity index (χ1v) is 11.3. The number of hydrogen-bond acceptors (Lipinski definition) is 5. The van der Waals surface area contributed by atoms with Crippen molar-refractivity contribution in [3.05, 3.63) is 66.0 Å². The van der Waals surface area contributed by atoms with Gasteiger partial charge in [-0.15, -0.1) is 11.6 Å². The first-order chi connectivity index (χ1) is 15.8. The number of nitrogens with zero attached hydrogens (tertiary/aromatic N) is 1. The Hall–Kier alpha value is -2.97. The van der Waals surface area contributed by atoms with Gasteiger partial charge < -0.3 is 10.6 Å². The third kappa shape index (κ3) is 8.82. The second kappa shape index (κ2) is 13.5. The van der Waals surface area contributed by atoms with Crippen LogP contribution >= 0.6 is 11.6 Å². The zero-order valence-corrected chi connectivity index (χ0v) is 19.6. The summed E-state index contributed by atoms with van der Waals surface area (Å²) in [7, 11) is 0. The molecule has 0 aliphatic heterocycles. The molecule has 1 aromatic heterocycles. The van der Waals surface area contributed by atoms with Crippen LogP contribution in [0.15, 0.2) is 54.7 Å². The Morgan fingerprint density at radius 3 is 2.27 bits per heavy atom. The van der Waals surface area contributed by atoms with Crippen molar-refractivity contribution in [3.8, 4) is 0 Å². The van der Waals surface area contributed by atoms with E-state index in [-0.39, 0.29) is 24.8 Å². The van der Waals surface area contributed by atoms with Crippen LogP contribution < -0.4 is 16.1 Å². The zero-order valence-electron chi connectivity index (χ0n) is 18.8. The molecule has 1 heterocycles. The maximum absolute atomic E-state index is 13.1. The number of halogens is 1. The molecule has 3 atom stereocenters. The van der Waals surface area contributed by atoms with Crippen LogP contribution in [-0.4, -0.2) is 39.3 Å². The lowest BCUT2D eigenvalue weighted by Crippen LogP contribution is -2.52. The summed E-state index contributed by atoms with van der Waals surface area (Å²) in [6.07, 6.45) is 2.88. The van der Waals surface area contributed by atoms with E-state index in [1.54, 1.807) is 18.3 Å². The van der Waals surface area contributed by atoms with Gasteiger partial charge in [0.1, 0.15) is 11.4 Å². The van der Waals surface area contributed by atoms with Gasteiger partial charge in [0, 0.05) is 12.6 Å². The first-order valence-electron chi connectivity index (χ1n) is 10.9. The molecule has 178 valence electrons. The summed E-state index contributed by atoms with van der Waals surface area (Å²) in [5.74, 6) is -2.39. The van der Waals surface area contributed by atoms with Gasteiger partial charge in [0.15, 0.2) is 0 Å². The minimum absolute atomic E-state index is 0.211. The summed E-state index contributed by atoms with van der Waals surface area (Å²) >= 11 is 6.20. The molecule has 0 spiro atoms. The number of aromatic nitrogens is 1. The number of amides is 3. The highest BCUT2D eigenvalue weighted by Crippen LogP contribution is 2.21. The van der Waals surface area contributed by atoms with Crippen LogP contribution in [0.4, 0.5) is 0 Å². The molecule has 0 bridgehead atoms. The quantitative estimate of drug-likeness (QED) is 0.214. The predicted octanol–water partition coefficient (Wildman–Crippen LogP) is 2.59. The third-order valence-corrected chi connectivity index (χ3v) is 5.69. The minimum atomic E-state index is -1.28. The summed E-state index contributed by atoms with van der Waals surface area (Å²) in [6, 6.07) is 13.8. The van der Waals surface area contributed by atoms with Gasteiger partial charge in [-0.05, 0) is 30.0 Å². The first kappa shape index (κ1) is 26.3. The van der Waals surface area contributed by atoms with E-state index in [2.05, 4.69) is 15.6 Å². The molecule has 0 unspecified atom stereocenters. The van der Waals surface area contributed by atoms with E-state index in [1.165, 1.54) is 5.48 Å². The van der Waals surface area contributed by atoms with Crippen LogP contribution in [-0.2, 0) is 27.3 Å². The van der Waals surface area contributed by atoms with Gasteiger partial charge in [0.05, 0.1) is 18.2 Å². The van der Waals surface area contributed by atoms with E-state index < -0.39 is 29.2 Å². The van der Waals surface area contributed by atoms with Crippen molar-refractivity contribution in [1.29, 1.82) is 0 Å². The average Bonchev–Trinajstić information content (AvgIpc) is 2.82. The summed E-state index contributed by atoms with van der Waals surface area (Å²) in [4.78, 5) is 42.2. The number of carbonyl (C=O) groups excluding carboxylic acids is 3. The Bertz CT molecular complexity index is 896. The van der Waals surface area contributed by atoms with E-state index in [0.29, 0.717) is 18.5 Å². The normalized spacial score (nSPS) is 13.6. The molecular formula is C24H31ClN4O4. The lowest BCUT2D eigenvalue weighted by Gasteiger charge is -2.25. The molecule has 1 aromatic carbocycles. The third-order valence-electron chi connectivity index (χ3n) is 5.19. The number of nitrogens with one attached hydrogen (secondary N) is 3. The highest BCUT2D eigenvalue weighted by Gasteiger charge is 2.34. The van der Waals surface area contributed by atoms with Crippen molar-refractivity contribution in [2.45, 2.75) is 51.1 Å². The van der Waals surface area contributed by atoms with Gasteiger partial charge in [-0.2, -0.15) is 0 Å². The van der Waals surface area contributed by atoms with E-state index in [4.69, 9.17) is 16.8 Å². The second-order valence-corrected chi connectivity index (χ2v) is 8.72. The lowest BCUT2D eigenvalue weighted by atomic mass is 9.93. The van der Waals surface area contributed by atoms with Crippen molar-refractivity contribution in [1.82, 2.24) is 21.1 Å². The Morgan fingerprint density at radius 2 is 1.67 bits per heavy atom. The maximum Gasteiger partial charge on any atom is 0.262 e. The largest absolute Gasteiger partial charge is 0.349 e. The predicted molar refractivity (Wildman–Crippen MR) is 125 cm³/mol. The molecule has 0 radical (unpaired) electrons. The molecular weight excluding hydrogens is 444 g/mol. The maximum atomic E-state index is 13.1. The van der Waals surface area contributed by atoms with Crippen LogP contribution in [0.3, 0.4) is 0 Å². The molecule has 8 nitrogen and oxygen atoms in total. The molecule has 0 aliphatic carbocycles. The van der Waals surface area contributed by atoms with Crippen molar-refractivity contribution in [3.63, 3.8) is 0 Å². The highest BCUT2D eigenvalue weighted by atomic mass is 35.5. The molecule has 2 rings (SSSR count). The van der Waals surface area contributed by atoms with Crippen LogP contribution in [0, 0.1) is 11.8 Å². The van der Waals surface area contributed by atoms with Gasteiger partial charge >= 0.3 is 0 Å². The number of benzene rings is 1. The second-order valence-electron chi connectivity index (χ2n) is 8.25. The summed E-state index contributed by atoms with van der Waals surface area (Å²) in [5, 5.41) is 13.3. The van der Waals surface area contributed by atoms with E-state index in [0.717, 1.165) is 5.56 Å². The van der Waals surface area contributed by atoms with E-state index in [9.17, 15) is 14.4 Å². The van der Waals surface area contributed by atoms with E-state index in [1.807, 2.05) is 50.2 Å². The Labute approximate surface area is 199 Å². The Morgan fingerprint density at radius 1 is 0.970 bits per heavy atom. The molecule has 9 heteroatoms. The molecule has 0 fully saturated rings. The lowest BCUT2D eigenvalue weighted by molar-refractivity contribution is -0.136. The van der Waals surface area contributed by atoms with Crippen molar-refractivity contribution in [2.75, 3.05) is 0 Å². The van der Waals surface area contributed by atoms with Crippen molar-refractivity contribution in [2.24, 2.45) is 11.8 Å². The molecule has 3 amide bonds. The molecule has 0 aliphatic rings. The summed E-state index contributed by atoms with van der Waals surface area (Å²) < 4.78 is 0. The minimum Gasteiger partial charge on any atom is -0.349 e. The zero-order chi connectivity index (χ0) is 24.2. The SMILES string of the molecule is CC(C)CC[C@@H](C(=O)N[C@@H](Cc1ccccc1)C(=O)NCc1ccccn1)[C@@H](Cl)C(=O)NO. The van der Waals surface area contributed by atoms with Gasteiger partial charge in [-0.25, -0.2) is 5.48 Å². The summed E-state index contributed by atoms with van der Waals surface area (Å²) in [5.41, 5.74) is 3.06. The van der Waals surface area contributed by atoms with Crippen LogP contribution in [0.5, 0.6) is 0 Å². The summed E-state index contributed by atoms with van der Waals surface area (Å²) in [6.45, 7) is 4.20. The van der Waals surface area contributed by atoms with Gasteiger partial charge in [-0.1, -0.05) is 56.7 Å². The Kier molecular flexibility index (Phi) is 10.8. The number of hydrogen-bond donors (Lipinski definition) is 4. The average molecular weight is 475 g/mol. The van der Waals surface area contributed by atoms with Crippen LogP contribution in [0.2, 0.25) is 0 Å². The number of rotatable bonds is 12. The smallest absolute Gasteiger partial charge is 0.262 e. The van der Waals surface area contributed by atoms with E-state index >= 15 is 0 Å². The molecule has 0 saturated carbocycles.